The van der Waals surface area contributed by atoms with E-state index in [1.807, 2.05) is 50.2 Å². The van der Waals surface area contributed by atoms with Crippen LogP contribution >= 0.6 is 0 Å². The van der Waals surface area contributed by atoms with E-state index in [4.69, 9.17) is 14.2 Å². The normalized spacial score (nSPS) is 10.6. The number of ether oxygens (including phenoxy) is 3. The molecule has 0 bridgehead atoms. The fourth-order valence-electron chi connectivity index (χ4n) is 3.14. The molecule has 0 saturated heterocycles. The first kappa shape index (κ1) is 19.5. The highest BCUT2D eigenvalue weighted by atomic mass is 16.5. The van der Waals surface area contributed by atoms with Crippen LogP contribution in [0.25, 0.3) is 10.9 Å². The first-order valence-electron chi connectivity index (χ1n) is 8.92. The molecule has 6 heteroatoms. The number of methoxy groups -OCH3 is 3. The maximum Gasteiger partial charge on any atom is 0.253 e. The molecular weight excluding hydrogens is 356 g/mol. The Morgan fingerprint density at radius 3 is 2.25 bits per heavy atom. The summed E-state index contributed by atoms with van der Waals surface area (Å²) < 4.78 is 16.1. The van der Waals surface area contributed by atoms with Gasteiger partial charge < -0.3 is 19.5 Å². The second-order valence-corrected chi connectivity index (χ2v) is 6.53. The number of aromatic nitrogens is 1. The quantitative estimate of drug-likeness (QED) is 0.704. The van der Waals surface area contributed by atoms with Gasteiger partial charge >= 0.3 is 0 Å². The van der Waals surface area contributed by atoms with E-state index in [9.17, 15) is 4.79 Å². The number of aryl methyl sites for hydroxylation is 2. The molecule has 28 heavy (non-hydrogen) atoms. The number of hydrogen-bond acceptors (Lipinski definition) is 5. The van der Waals surface area contributed by atoms with Gasteiger partial charge in [-0.25, -0.2) is 0 Å². The van der Waals surface area contributed by atoms with E-state index in [0.717, 1.165) is 22.0 Å². The third-order valence-corrected chi connectivity index (χ3v) is 4.58. The molecule has 1 amide bonds. The van der Waals surface area contributed by atoms with Gasteiger partial charge in [0, 0.05) is 11.9 Å². The second kappa shape index (κ2) is 8.17. The number of rotatable bonds is 6. The van der Waals surface area contributed by atoms with Gasteiger partial charge in [0.1, 0.15) is 0 Å². The van der Waals surface area contributed by atoms with Gasteiger partial charge in [0.25, 0.3) is 5.91 Å². The monoisotopic (exact) mass is 380 g/mol. The van der Waals surface area contributed by atoms with Crippen LogP contribution in [0.4, 0.5) is 0 Å². The summed E-state index contributed by atoms with van der Waals surface area (Å²) >= 11 is 0. The second-order valence-electron chi connectivity index (χ2n) is 6.53. The number of pyridine rings is 1. The number of fused-ring (bicyclic) bond motifs is 1. The van der Waals surface area contributed by atoms with Gasteiger partial charge in [-0.2, -0.15) is 0 Å². The van der Waals surface area contributed by atoms with Gasteiger partial charge in [-0.05, 0) is 49.7 Å². The highest BCUT2D eigenvalue weighted by Crippen LogP contribution is 2.38. The molecular formula is C22H24N2O4. The van der Waals surface area contributed by atoms with Crippen molar-refractivity contribution in [1.29, 1.82) is 0 Å². The molecule has 1 N–H and O–H groups in total. The van der Waals surface area contributed by atoms with E-state index in [2.05, 4.69) is 10.3 Å². The van der Waals surface area contributed by atoms with Gasteiger partial charge in [0.05, 0.1) is 38.1 Å². The molecule has 0 aliphatic carbocycles. The Labute approximate surface area is 164 Å². The van der Waals surface area contributed by atoms with Crippen LogP contribution in [0.1, 0.15) is 27.2 Å². The van der Waals surface area contributed by atoms with Crippen LogP contribution < -0.4 is 19.5 Å². The van der Waals surface area contributed by atoms with E-state index in [0.29, 0.717) is 35.1 Å². The van der Waals surface area contributed by atoms with E-state index in [1.54, 1.807) is 21.3 Å². The summed E-state index contributed by atoms with van der Waals surface area (Å²) in [6.07, 6.45) is 0. The van der Waals surface area contributed by atoms with Crippen molar-refractivity contribution in [2.24, 2.45) is 0 Å². The number of carbonyl (C=O) groups is 1. The average molecular weight is 380 g/mol. The summed E-state index contributed by atoms with van der Waals surface area (Å²) in [5.41, 5.74) is 4.10. The lowest BCUT2D eigenvalue weighted by Crippen LogP contribution is -2.24. The zero-order chi connectivity index (χ0) is 20.3. The van der Waals surface area contributed by atoms with Crippen LogP contribution in [-0.2, 0) is 6.54 Å². The lowest BCUT2D eigenvalue weighted by Gasteiger charge is -2.15. The maximum atomic E-state index is 12.8. The molecule has 0 unspecified atom stereocenters. The first-order chi connectivity index (χ1) is 13.5. The summed E-state index contributed by atoms with van der Waals surface area (Å²) in [7, 11) is 4.68. The Bertz CT molecular complexity index is 1010. The van der Waals surface area contributed by atoms with Crippen molar-refractivity contribution in [3.05, 3.63) is 58.8 Å². The fourth-order valence-corrected chi connectivity index (χ4v) is 3.14. The van der Waals surface area contributed by atoms with Crippen LogP contribution in [0.15, 0.2) is 36.4 Å². The minimum Gasteiger partial charge on any atom is -0.493 e. The minimum absolute atomic E-state index is 0.179. The molecule has 1 heterocycles. The highest BCUT2D eigenvalue weighted by molar-refractivity contribution is 5.98. The average Bonchev–Trinajstić information content (AvgIpc) is 2.70. The number of benzene rings is 2. The zero-order valence-electron chi connectivity index (χ0n) is 16.8. The lowest BCUT2D eigenvalue weighted by molar-refractivity contribution is 0.0950. The van der Waals surface area contributed by atoms with E-state index >= 15 is 0 Å². The van der Waals surface area contributed by atoms with Crippen molar-refractivity contribution < 1.29 is 19.0 Å². The molecule has 6 nitrogen and oxygen atoms in total. The molecule has 3 aromatic rings. The molecule has 1 aromatic heterocycles. The van der Waals surface area contributed by atoms with Crippen LogP contribution in [0.3, 0.4) is 0 Å². The summed E-state index contributed by atoms with van der Waals surface area (Å²) in [6.45, 7) is 4.18. The SMILES string of the molecule is COc1cc(CNC(=O)c2cc3cc(C)ccc3nc2C)cc(OC)c1OC. The summed E-state index contributed by atoms with van der Waals surface area (Å²) in [4.78, 5) is 17.3. The smallest absolute Gasteiger partial charge is 0.253 e. The minimum atomic E-state index is -0.179. The van der Waals surface area contributed by atoms with Crippen molar-refractivity contribution in [1.82, 2.24) is 10.3 Å². The molecule has 0 fully saturated rings. The number of nitrogens with zero attached hydrogens (tertiary/aromatic N) is 1. The predicted octanol–water partition coefficient (Wildman–Crippen LogP) is 3.81. The van der Waals surface area contributed by atoms with Crippen LogP contribution in [0.5, 0.6) is 17.2 Å². The Morgan fingerprint density at radius 2 is 1.64 bits per heavy atom. The number of hydrogen-bond donors (Lipinski definition) is 1. The van der Waals surface area contributed by atoms with Crippen LogP contribution in [-0.4, -0.2) is 32.2 Å². The Kier molecular flexibility index (Phi) is 5.68. The van der Waals surface area contributed by atoms with Crippen molar-refractivity contribution in [2.75, 3.05) is 21.3 Å². The topological polar surface area (TPSA) is 69.7 Å². The van der Waals surface area contributed by atoms with Gasteiger partial charge in [-0.15, -0.1) is 0 Å². The zero-order valence-corrected chi connectivity index (χ0v) is 16.8. The predicted molar refractivity (Wildman–Crippen MR) is 108 cm³/mol. The van der Waals surface area contributed by atoms with Crippen LogP contribution in [0, 0.1) is 13.8 Å². The summed E-state index contributed by atoms with van der Waals surface area (Å²) in [5, 5.41) is 3.89. The lowest BCUT2D eigenvalue weighted by atomic mass is 10.1. The van der Waals surface area contributed by atoms with Crippen molar-refractivity contribution >= 4 is 16.8 Å². The molecule has 0 atom stereocenters. The number of amides is 1. The molecule has 0 spiro atoms. The Morgan fingerprint density at radius 1 is 0.964 bits per heavy atom. The molecule has 0 radical (unpaired) electrons. The van der Waals surface area contributed by atoms with Gasteiger partial charge in [-0.1, -0.05) is 11.6 Å². The van der Waals surface area contributed by atoms with Gasteiger partial charge in [0.2, 0.25) is 5.75 Å². The Hall–Kier alpha value is -3.28. The maximum absolute atomic E-state index is 12.8. The largest absolute Gasteiger partial charge is 0.493 e. The van der Waals surface area contributed by atoms with Crippen molar-refractivity contribution in [3.63, 3.8) is 0 Å². The fraction of sp³-hybridized carbons (Fsp3) is 0.273. The molecule has 0 aliphatic rings. The molecule has 146 valence electrons. The molecule has 0 saturated carbocycles. The van der Waals surface area contributed by atoms with Gasteiger partial charge in [-0.3, -0.25) is 9.78 Å². The number of carbonyl (C=O) groups excluding carboxylic acids is 1. The third kappa shape index (κ3) is 3.86. The molecule has 2 aromatic carbocycles. The van der Waals surface area contributed by atoms with Gasteiger partial charge in [0.15, 0.2) is 11.5 Å². The first-order valence-corrected chi connectivity index (χ1v) is 8.92. The molecule has 3 rings (SSSR count). The number of nitrogens with one attached hydrogen (secondary N) is 1. The van der Waals surface area contributed by atoms with Crippen molar-refractivity contribution in [2.45, 2.75) is 20.4 Å². The van der Waals surface area contributed by atoms with E-state index in [1.165, 1.54) is 0 Å². The van der Waals surface area contributed by atoms with E-state index in [-0.39, 0.29) is 5.91 Å². The molecule has 0 aliphatic heterocycles. The summed E-state index contributed by atoms with van der Waals surface area (Å²) in [5.74, 6) is 1.43. The van der Waals surface area contributed by atoms with Crippen LogP contribution in [0.2, 0.25) is 0 Å². The third-order valence-electron chi connectivity index (χ3n) is 4.58. The van der Waals surface area contributed by atoms with Crippen molar-refractivity contribution in [3.8, 4) is 17.2 Å². The Balaban J connectivity index is 1.84. The summed E-state index contributed by atoms with van der Waals surface area (Å²) in [6, 6.07) is 11.5. The standard InChI is InChI=1S/C22H24N2O4/c1-13-6-7-18-16(8-13)11-17(14(2)24-18)22(25)23-12-15-9-19(26-3)21(28-5)20(10-15)27-4/h6-11H,12H2,1-5H3,(H,23,25). The highest BCUT2D eigenvalue weighted by Gasteiger charge is 2.15. The van der Waals surface area contributed by atoms with E-state index < -0.39 is 0 Å².